The van der Waals surface area contributed by atoms with E-state index in [9.17, 15) is 57.5 Å². The predicted octanol–water partition coefficient (Wildman–Crippen LogP) is 19.5. The Morgan fingerprint density at radius 3 is 0.793 bits per heavy atom. The fourth-order valence-electron chi connectivity index (χ4n) is 13.4. The van der Waals surface area contributed by atoms with Gasteiger partial charge in [-0.25, -0.2) is 19.9 Å². The van der Waals surface area contributed by atoms with E-state index in [0.717, 1.165) is 48.2 Å². The van der Waals surface area contributed by atoms with E-state index >= 15 is 0 Å². The number of rotatable bonds is 20. The van der Waals surface area contributed by atoms with E-state index in [-0.39, 0.29) is 80.0 Å². The number of amides is 10. The number of nitrogens with one attached hydrogen (secondary N) is 10. The highest BCUT2D eigenvalue weighted by atomic mass is 35.5. The molecule has 0 spiro atoms. The summed E-state index contributed by atoms with van der Waals surface area (Å²) < 4.78 is 48.7. The van der Waals surface area contributed by atoms with Gasteiger partial charge in [-0.05, 0) is 258 Å². The van der Waals surface area contributed by atoms with Crippen molar-refractivity contribution in [3.63, 3.8) is 0 Å². The summed E-state index contributed by atoms with van der Waals surface area (Å²) in [5.41, 5.74) is 9.51. The van der Waals surface area contributed by atoms with Gasteiger partial charge in [0.2, 0.25) is 11.8 Å². The van der Waals surface area contributed by atoms with Gasteiger partial charge in [0, 0.05) is 131 Å². The van der Waals surface area contributed by atoms with E-state index in [0.29, 0.717) is 113 Å². The molecule has 2 aliphatic heterocycles. The number of hydrogen-bond acceptors (Lipinski definition) is 22. The van der Waals surface area contributed by atoms with Crippen molar-refractivity contribution in [2.75, 3.05) is 65.4 Å². The molecule has 0 unspecified atom stereocenters. The average Bonchev–Trinajstić information content (AvgIpc) is 0.830. The molecule has 42 heteroatoms. The fourth-order valence-corrected chi connectivity index (χ4v) is 14.2. The molecule has 8 heterocycles. The quantitative estimate of drug-likeness (QED) is 0.0339. The number of halogens is 6. The third-order valence-corrected chi connectivity index (χ3v) is 21.5. The van der Waals surface area contributed by atoms with Crippen molar-refractivity contribution in [3.8, 4) is 11.4 Å². The lowest BCUT2D eigenvalue weighted by Crippen LogP contribution is -2.35. The van der Waals surface area contributed by atoms with Crippen LogP contribution in [0.25, 0.3) is 11.4 Å². The van der Waals surface area contributed by atoms with Crippen molar-refractivity contribution >= 4 is 207 Å². The second-order valence-electron chi connectivity index (χ2n) is 30.0. The molecule has 712 valence electrons. The van der Waals surface area contributed by atoms with Gasteiger partial charge >= 0.3 is 21.0 Å². The Bertz CT molecular complexity index is 6890. The molecule has 10 N–H and O–H groups in total. The normalized spacial score (nSPS) is 11.7. The van der Waals surface area contributed by atoms with E-state index in [1.165, 1.54) is 88.5 Å². The molecular weight excluding hydrogens is 1960 g/mol. The molecule has 0 saturated carbocycles. The van der Waals surface area contributed by atoms with Crippen molar-refractivity contribution < 1.29 is 64.8 Å². The minimum Gasteiger partial charge on any atom is -0.322 e. The molecule has 0 atom stereocenters. The van der Waals surface area contributed by atoms with Gasteiger partial charge in [-0.15, -0.1) is 0 Å². The zero-order valence-electron chi connectivity index (χ0n) is 73.6. The third kappa shape index (κ3) is 31.0. The maximum absolute atomic E-state index is 13.0. The maximum Gasteiger partial charge on any atom is 0.308 e. The van der Waals surface area contributed by atoms with Gasteiger partial charge in [-0.3, -0.25) is 66.7 Å². The number of carbonyl (C=O) groups is 10. The third-order valence-electron chi connectivity index (χ3n) is 20.1. The number of piperidine rings is 2. The number of pyridine rings is 6. The molecule has 2 fully saturated rings. The van der Waals surface area contributed by atoms with Gasteiger partial charge in [0.15, 0.2) is 0 Å². The number of carbonyl (C=O) groups excluding carboxylic acids is 10. The molecule has 14 aromatic rings. The Hall–Kier alpha value is -16.1. The van der Waals surface area contributed by atoms with Crippen LogP contribution < -0.4 is 63.5 Å². The first kappa shape index (κ1) is 104. The van der Waals surface area contributed by atoms with Crippen molar-refractivity contribution in [3.05, 3.63) is 399 Å². The van der Waals surface area contributed by atoms with Crippen LogP contribution in [0.5, 0.6) is 0 Å². The molecular formula is C98H80Cl6N18O16S2. The average molecular weight is 2040 g/mol. The summed E-state index contributed by atoms with van der Waals surface area (Å²) in [7, 11) is -5.22. The smallest absolute Gasteiger partial charge is 0.308 e. The van der Waals surface area contributed by atoms with Gasteiger partial charge in [0.05, 0.1) is 65.1 Å². The summed E-state index contributed by atoms with van der Waals surface area (Å²) >= 11 is 35.5. The summed E-state index contributed by atoms with van der Waals surface area (Å²) in [6, 6.07) is 69.5. The van der Waals surface area contributed by atoms with Crippen molar-refractivity contribution in [2.45, 2.75) is 52.4 Å². The molecule has 34 nitrogen and oxygen atoms in total. The lowest BCUT2D eigenvalue weighted by Gasteiger charge is -2.26. The first-order valence-electron chi connectivity index (χ1n) is 41.8. The van der Waals surface area contributed by atoms with Crippen LogP contribution in [-0.2, 0) is 30.6 Å². The highest BCUT2D eigenvalue weighted by molar-refractivity contribution is 7.60. The monoisotopic (exact) mass is 2040 g/mol. The van der Waals surface area contributed by atoms with Crippen molar-refractivity contribution in [2.24, 2.45) is 0 Å². The van der Waals surface area contributed by atoms with E-state index in [1.807, 2.05) is 32.0 Å². The van der Waals surface area contributed by atoms with E-state index in [4.69, 9.17) is 96.0 Å². The molecule has 0 bridgehead atoms. The zero-order chi connectivity index (χ0) is 101. The minimum atomic E-state index is -2.61. The second kappa shape index (κ2) is 50.7. The summed E-state index contributed by atoms with van der Waals surface area (Å²) in [5.74, 6) is -3.33. The van der Waals surface area contributed by atoms with E-state index < -0.39 is 56.4 Å². The maximum atomic E-state index is 13.0. The molecule has 2 saturated heterocycles. The van der Waals surface area contributed by atoms with Crippen LogP contribution in [0.2, 0.25) is 30.1 Å². The number of aryl methyl sites for hydroxylation is 2. The topological polar surface area (TPSA) is 485 Å². The second-order valence-corrected chi connectivity index (χ2v) is 33.6. The lowest BCUT2D eigenvalue weighted by atomic mass is 10.1. The van der Waals surface area contributed by atoms with Crippen LogP contribution in [0.3, 0.4) is 0 Å². The zero-order valence-corrected chi connectivity index (χ0v) is 79.7. The van der Waals surface area contributed by atoms with Gasteiger partial charge in [0.25, 0.3) is 58.4 Å². The van der Waals surface area contributed by atoms with Gasteiger partial charge < -0.3 is 52.3 Å². The highest BCUT2D eigenvalue weighted by Crippen LogP contribution is 2.31. The van der Waals surface area contributed by atoms with Gasteiger partial charge in [0.1, 0.15) is 22.8 Å². The molecule has 16 rings (SSSR count). The van der Waals surface area contributed by atoms with Crippen LogP contribution >= 0.6 is 69.6 Å². The molecule has 2 aliphatic rings. The number of hydrogen-bond donors (Lipinski definition) is 10. The minimum absolute atomic E-state index is 0.104. The van der Waals surface area contributed by atoms with Gasteiger partial charge in [-0.1, -0.05) is 105 Å². The standard InChI is InChI=1S/C25H23ClN4O3.C25H19ClN4O3.C24H20Cl2N4O3.C24H16Cl2N4O3.2HNO2S/c2*1-16-5-11-21(29-25(33)22-12-6-17(26)15-27-22)20(14-16)24(32)28-18-7-9-19(10-8-18)30-13-3-2-4-23(30)31;2*25-15-4-10-20(29-24(33)21-11-5-16(26)14-27-21)19(13-15)23(32)28-17-6-8-18(9-7-17)30-12-2-1-3-22(30)31;2*1-4(2)3/h5-12,14-15H,2-4,13H2,1H3,(H,28,32)(H,29,33);2-15H,1H3,(H,28,32)(H,29,33);4-11,13-14H,1-3,12H2,(H,28,32)(H,29,33);1-14H,(H,28,32)(H,29,33);2*1H. The Morgan fingerprint density at radius 1 is 0.293 bits per heavy atom. The van der Waals surface area contributed by atoms with Crippen molar-refractivity contribution in [1.29, 1.82) is 9.56 Å². The highest BCUT2D eigenvalue weighted by Gasteiger charge is 2.26. The molecule has 8 aromatic carbocycles. The molecule has 10 amide bonds. The van der Waals surface area contributed by atoms with Gasteiger partial charge in [-0.2, -0.15) is 26.4 Å². The summed E-state index contributed by atoms with van der Waals surface area (Å²) in [5, 5.41) is 24.5. The Kier molecular flexibility index (Phi) is 37.8. The molecule has 0 aliphatic carbocycles. The van der Waals surface area contributed by atoms with Crippen LogP contribution in [0.1, 0.15) is 133 Å². The largest absolute Gasteiger partial charge is 0.322 e. The Balaban J connectivity index is 0.000000174. The predicted molar refractivity (Wildman–Crippen MR) is 539 cm³/mol. The van der Waals surface area contributed by atoms with E-state index in [1.54, 1.807) is 204 Å². The summed E-state index contributed by atoms with van der Waals surface area (Å²) in [6.45, 7) is 5.13. The SMILES string of the molecule is Cc1ccc(NC(=O)c2ccc(Cl)cn2)c(C(=O)Nc2ccc(-n3ccccc3=O)cc2)c1.Cc1ccc(NC(=O)c2ccc(Cl)cn2)c(C(=O)Nc2ccc(N3CCCCC3=O)cc2)c1.N=S(=O)=O.N=S(=O)=O.O=C(Nc1ccc(Cl)cc1C(=O)Nc1ccc(-n2ccccc2=O)cc1)c1ccc(Cl)cn1.O=C(Nc1ccc(Cl)cc1C(=O)Nc1ccc(N2CCCCC2=O)cc1)c1ccc(Cl)cn1. The van der Waals surface area contributed by atoms with E-state index in [2.05, 4.69) is 62.5 Å². The van der Waals surface area contributed by atoms with Crippen LogP contribution in [-0.4, -0.2) is 118 Å². The Morgan fingerprint density at radius 2 is 0.543 bits per heavy atom. The number of anilines is 10. The number of nitrogens with zero attached hydrogens (tertiary/aromatic N) is 8. The number of aromatic nitrogens is 6. The summed E-state index contributed by atoms with van der Waals surface area (Å²) in [6.07, 6.45) is 13.7. The number of benzene rings is 8. The molecule has 140 heavy (non-hydrogen) atoms. The van der Waals surface area contributed by atoms with Crippen LogP contribution in [0.4, 0.5) is 56.9 Å². The van der Waals surface area contributed by atoms with Crippen LogP contribution in [0.15, 0.2) is 302 Å². The summed E-state index contributed by atoms with van der Waals surface area (Å²) in [4.78, 5) is 170. The van der Waals surface area contributed by atoms with Crippen LogP contribution in [0, 0.1) is 23.4 Å². The fraction of sp³-hybridized carbons (Fsp3) is 0.102. The molecule has 0 radical (unpaired) electrons. The van der Waals surface area contributed by atoms with Crippen molar-refractivity contribution in [1.82, 2.24) is 29.1 Å². The Labute approximate surface area is 832 Å². The molecule has 6 aromatic heterocycles. The first-order chi connectivity index (χ1) is 67.1. The lowest BCUT2D eigenvalue weighted by molar-refractivity contribution is -0.120. The first-order valence-corrected chi connectivity index (χ1v) is 46.3.